The van der Waals surface area contributed by atoms with Gasteiger partial charge < -0.3 is 24.6 Å². The summed E-state index contributed by atoms with van der Waals surface area (Å²) in [5.41, 5.74) is 0.623. The molecule has 0 aliphatic rings. The van der Waals surface area contributed by atoms with Gasteiger partial charge in [0.15, 0.2) is 0 Å². The normalized spacial score (nSPS) is 11.5. The van der Waals surface area contributed by atoms with Gasteiger partial charge in [0, 0.05) is 6.54 Å². The molecule has 0 aromatic heterocycles. The molecule has 2 aromatic carbocycles. The Kier molecular flexibility index (Phi) is 11.7. The summed E-state index contributed by atoms with van der Waals surface area (Å²) in [6.45, 7) is 4.61. The lowest BCUT2D eigenvalue weighted by Crippen LogP contribution is -2.48. The molecule has 4 N–H and O–H groups in total. The topological polar surface area (TPSA) is 167 Å². The molecule has 0 aliphatic heterocycles. The standard InChI is InChI=1S/C27H34N4O8/c1-27(2,3)39-25(35)29-21(22(32)33)15-10-16-31(26(36)38-18-20-13-8-5-9-14-20)23(28)30-24(34)37-17-19-11-6-4-7-12-19/h4-9,11-14,21H,10,15-18H2,1-3H3,(H,29,35)(H,32,33)(H2,28,30,34)/t21-/m1/s1. The number of carbonyl (C=O) groups excluding carboxylic acids is 3. The fraction of sp³-hybridized carbons (Fsp3) is 0.370. The van der Waals surface area contributed by atoms with E-state index in [1.165, 1.54) is 0 Å². The van der Waals surface area contributed by atoms with E-state index < -0.39 is 41.9 Å². The summed E-state index contributed by atoms with van der Waals surface area (Å²) in [5.74, 6) is -1.91. The molecule has 39 heavy (non-hydrogen) atoms. The number of nitrogens with one attached hydrogen (secondary N) is 3. The van der Waals surface area contributed by atoms with Crippen molar-refractivity contribution in [1.29, 1.82) is 5.41 Å². The zero-order chi connectivity index (χ0) is 28.8. The van der Waals surface area contributed by atoms with Gasteiger partial charge in [-0.1, -0.05) is 60.7 Å². The molecule has 12 nitrogen and oxygen atoms in total. The highest BCUT2D eigenvalue weighted by Gasteiger charge is 2.26. The molecular formula is C27H34N4O8. The van der Waals surface area contributed by atoms with Crippen LogP contribution in [0, 0.1) is 5.41 Å². The van der Waals surface area contributed by atoms with Crippen LogP contribution < -0.4 is 10.6 Å². The average molecular weight is 543 g/mol. The van der Waals surface area contributed by atoms with E-state index in [0.717, 1.165) is 10.5 Å². The Morgan fingerprint density at radius 2 is 1.44 bits per heavy atom. The lowest BCUT2D eigenvalue weighted by Gasteiger charge is -2.24. The molecule has 0 aliphatic carbocycles. The number of aliphatic carboxylic acids is 1. The summed E-state index contributed by atoms with van der Waals surface area (Å²) in [6.07, 6.45) is -2.84. The maximum Gasteiger partial charge on any atom is 0.416 e. The van der Waals surface area contributed by atoms with Crippen LogP contribution in [0.3, 0.4) is 0 Å². The van der Waals surface area contributed by atoms with Gasteiger partial charge in [-0.15, -0.1) is 0 Å². The second-order valence-electron chi connectivity index (χ2n) is 9.41. The largest absolute Gasteiger partial charge is 0.480 e. The third kappa shape index (κ3) is 12.0. The van der Waals surface area contributed by atoms with E-state index in [4.69, 9.17) is 19.6 Å². The van der Waals surface area contributed by atoms with Crippen LogP contribution >= 0.6 is 0 Å². The van der Waals surface area contributed by atoms with Gasteiger partial charge in [-0.3, -0.25) is 10.7 Å². The summed E-state index contributed by atoms with van der Waals surface area (Å²) in [4.78, 5) is 49.6. The predicted molar refractivity (Wildman–Crippen MR) is 141 cm³/mol. The number of hydrogen-bond acceptors (Lipinski definition) is 8. The van der Waals surface area contributed by atoms with Gasteiger partial charge in [-0.2, -0.15) is 0 Å². The van der Waals surface area contributed by atoms with Crippen LogP contribution in [0.4, 0.5) is 14.4 Å². The molecule has 0 heterocycles. The number of carboxylic acid groups (broad SMARTS) is 1. The Morgan fingerprint density at radius 3 is 1.95 bits per heavy atom. The van der Waals surface area contributed by atoms with Crippen molar-refractivity contribution < 1.29 is 38.5 Å². The number of amides is 3. The number of benzene rings is 2. The monoisotopic (exact) mass is 542 g/mol. The third-order valence-electron chi connectivity index (χ3n) is 4.99. The highest BCUT2D eigenvalue weighted by Crippen LogP contribution is 2.10. The molecule has 2 aromatic rings. The number of alkyl carbamates (subject to hydrolysis) is 2. The quantitative estimate of drug-likeness (QED) is 0.196. The van der Waals surface area contributed by atoms with Crippen LogP contribution in [-0.4, -0.2) is 58.4 Å². The number of carbonyl (C=O) groups is 4. The molecule has 0 bridgehead atoms. The van der Waals surface area contributed by atoms with Gasteiger partial charge >= 0.3 is 24.2 Å². The van der Waals surface area contributed by atoms with Crippen molar-refractivity contribution in [2.75, 3.05) is 6.54 Å². The molecule has 0 saturated heterocycles. The summed E-state index contributed by atoms with van der Waals surface area (Å²) >= 11 is 0. The molecule has 0 spiro atoms. The van der Waals surface area contributed by atoms with Gasteiger partial charge in [0.1, 0.15) is 24.9 Å². The summed E-state index contributed by atoms with van der Waals surface area (Å²) in [6, 6.07) is 16.5. The van der Waals surface area contributed by atoms with Crippen molar-refractivity contribution in [2.45, 2.75) is 58.5 Å². The van der Waals surface area contributed by atoms with E-state index in [2.05, 4.69) is 10.6 Å². The Labute approximate surface area is 226 Å². The minimum atomic E-state index is -1.31. The number of guanidine groups is 1. The van der Waals surface area contributed by atoms with Crippen molar-refractivity contribution in [2.24, 2.45) is 0 Å². The number of nitrogens with zero attached hydrogens (tertiary/aromatic N) is 1. The van der Waals surface area contributed by atoms with Crippen LogP contribution in [0.2, 0.25) is 0 Å². The molecule has 1 atom stereocenters. The van der Waals surface area contributed by atoms with Gasteiger partial charge in [0.2, 0.25) is 5.96 Å². The number of rotatable bonds is 10. The molecule has 3 amide bonds. The van der Waals surface area contributed by atoms with E-state index in [-0.39, 0.29) is 32.6 Å². The highest BCUT2D eigenvalue weighted by atomic mass is 16.6. The summed E-state index contributed by atoms with van der Waals surface area (Å²) < 4.78 is 15.5. The van der Waals surface area contributed by atoms with Gasteiger partial charge in [0.05, 0.1) is 0 Å². The van der Waals surface area contributed by atoms with Gasteiger partial charge in [0.25, 0.3) is 0 Å². The van der Waals surface area contributed by atoms with Crippen molar-refractivity contribution in [3.05, 3.63) is 71.8 Å². The zero-order valence-corrected chi connectivity index (χ0v) is 22.1. The molecular weight excluding hydrogens is 508 g/mol. The first-order chi connectivity index (χ1) is 18.4. The second kappa shape index (κ2) is 15.0. The van der Waals surface area contributed by atoms with Gasteiger partial charge in [-0.05, 0) is 44.7 Å². The molecule has 0 saturated carbocycles. The fourth-order valence-corrected chi connectivity index (χ4v) is 3.18. The lowest BCUT2D eigenvalue weighted by molar-refractivity contribution is -0.139. The van der Waals surface area contributed by atoms with E-state index in [0.29, 0.717) is 5.56 Å². The van der Waals surface area contributed by atoms with E-state index in [1.54, 1.807) is 69.3 Å². The van der Waals surface area contributed by atoms with Crippen molar-refractivity contribution in [3.63, 3.8) is 0 Å². The SMILES string of the molecule is CC(C)(C)OC(=O)N[C@H](CCCN(C(=N)NC(=O)OCc1ccccc1)C(=O)OCc1ccccc1)C(=O)O. The summed E-state index contributed by atoms with van der Waals surface area (Å²) in [7, 11) is 0. The second-order valence-corrected chi connectivity index (χ2v) is 9.41. The third-order valence-corrected chi connectivity index (χ3v) is 4.99. The molecule has 0 fully saturated rings. The smallest absolute Gasteiger partial charge is 0.416 e. The highest BCUT2D eigenvalue weighted by molar-refractivity contribution is 5.99. The minimum Gasteiger partial charge on any atom is -0.480 e. The van der Waals surface area contributed by atoms with Crippen LogP contribution in [0.1, 0.15) is 44.7 Å². The van der Waals surface area contributed by atoms with E-state index in [9.17, 15) is 24.3 Å². The Morgan fingerprint density at radius 1 is 0.897 bits per heavy atom. The molecule has 210 valence electrons. The van der Waals surface area contributed by atoms with Crippen LogP contribution in [0.5, 0.6) is 0 Å². The molecule has 0 radical (unpaired) electrons. The van der Waals surface area contributed by atoms with Crippen molar-refractivity contribution >= 4 is 30.2 Å². The lowest BCUT2D eigenvalue weighted by atomic mass is 10.1. The number of carboxylic acids is 1. The van der Waals surface area contributed by atoms with E-state index >= 15 is 0 Å². The first kappa shape index (κ1) is 30.6. The predicted octanol–water partition coefficient (Wildman–Crippen LogP) is 4.24. The Balaban J connectivity index is 2.01. The Hall–Kier alpha value is -4.61. The first-order valence-electron chi connectivity index (χ1n) is 12.2. The number of hydrogen-bond donors (Lipinski definition) is 4. The molecule has 0 unspecified atom stereocenters. The maximum atomic E-state index is 12.8. The first-order valence-corrected chi connectivity index (χ1v) is 12.2. The van der Waals surface area contributed by atoms with Crippen LogP contribution in [0.15, 0.2) is 60.7 Å². The van der Waals surface area contributed by atoms with Crippen LogP contribution in [0.25, 0.3) is 0 Å². The minimum absolute atomic E-state index is 0.0380. The Bertz CT molecular complexity index is 1120. The van der Waals surface area contributed by atoms with Crippen molar-refractivity contribution in [3.8, 4) is 0 Å². The molecule has 12 heteroatoms. The van der Waals surface area contributed by atoms with Crippen molar-refractivity contribution in [1.82, 2.24) is 15.5 Å². The molecule has 2 rings (SSSR count). The number of ether oxygens (including phenoxy) is 3. The summed E-state index contributed by atoms with van der Waals surface area (Å²) in [5, 5.41) is 22.2. The average Bonchev–Trinajstić information content (AvgIpc) is 2.87. The van der Waals surface area contributed by atoms with Crippen LogP contribution in [-0.2, 0) is 32.2 Å². The fourth-order valence-electron chi connectivity index (χ4n) is 3.18. The zero-order valence-electron chi connectivity index (χ0n) is 22.1. The maximum absolute atomic E-state index is 12.8. The van der Waals surface area contributed by atoms with E-state index in [1.807, 2.05) is 12.1 Å². The van der Waals surface area contributed by atoms with Gasteiger partial charge in [-0.25, -0.2) is 24.1 Å².